The highest BCUT2D eigenvalue weighted by Gasteiger charge is 2.17. The van der Waals surface area contributed by atoms with Crippen molar-refractivity contribution < 1.29 is 0 Å². The fraction of sp³-hybridized carbons (Fsp3) is 0. The van der Waals surface area contributed by atoms with Crippen molar-refractivity contribution in [3.05, 3.63) is 194 Å². The van der Waals surface area contributed by atoms with Gasteiger partial charge in [0.25, 0.3) is 0 Å². The van der Waals surface area contributed by atoms with Crippen LogP contribution in [0.5, 0.6) is 0 Å². The Labute approximate surface area is 317 Å². The minimum Gasteiger partial charge on any atom is -0.309 e. The van der Waals surface area contributed by atoms with Crippen molar-refractivity contribution in [3.63, 3.8) is 0 Å². The zero-order chi connectivity index (χ0) is 36.3. The van der Waals surface area contributed by atoms with Gasteiger partial charge in [-0.25, -0.2) is 15.0 Å². The molecule has 0 unspecified atom stereocenters. The Kier molecular flexibility index (Phi) is 7.14. The molecule has 0 saturated heterocycles. The topological polar surface area (TPSA) is 43.6 Å². The van der Waals surface area contributed by atoms with Gasteiger partial charge < -0.3 is 4.57 Å². The van der Waals surface area contributed by atoms with E-state index in [1.54, 1.807) is 0 Å². The maximum atomic E-state index is 5.02. The van der Waals surface area contributed by atoms with Crippen molar-refractivity contribution in [2.45, 2.75) is 0 Å². The molecule has 256 valence electrons. The fourth-order valence-electron chi connectivity index (χ4n) is 8.16. The van der Waals surface area contributed by atoms with E-state index in [-0.39, 0.29) is 0 Å². The Bertz CT molecular complexity index is 3200. The molecule has 0 N–H and O–H groups in total. The lowest BCUT2D eigenvalue weighted by molar-refractivity contribution is 1.07. The van der Waals surface area contributed by atoms with Gasteiger partial charge in [0, 0.05) is 33.2 Å². The van der Waals surface area contributed by atoms with Gasteiger partial charge in [-0.1, -0.05) is 158 Å². The van der Waals surface area contributed by atoms with Crippen LogP contribution in [0.3, 0.4) is 0 Å². The molecular formula is C51H32N4. The number of nitrogens with zero attached hydrogens (tertiary/aromatic N) is 4. The summed E-state index contributed by atoms with van der Waals surface area (Å²) in [6.45, 7) is 0. The van der Waals surface area contributed by atoms with Gasteiger partial charge in [0.05, 0.1) is 11.0 Å². The number of hydrogen-bond acceptors (Lipinski definition) is 3. The van der Waals surface area contributed by atoms with Crippen LogP contribution in [0.1, 0.15) is 0 Å². The van der Waals surface area contributed by atoms with Crippen LogP contribution in [-0.4, -0.2) is 19.5 Å². The van der Waals surface area contributed by atoms with E-state index >= 15 is 0 Å². The Morgan fingerprint density at radius 2 is 0.855 bits per heavy atom. The van der Waals surface area contributed by atoms with E-state index in [0.29, 0.717) is 17.5 Å². The molecule has 0 fully saturated rings. The van der Waals surface area contributed by atoms with Crippen LogP contribution in [0.4, 0.5) is 0 Å². The molecule has 2 heterocycles. The molecule has 0 bridgehead atoms. The van der Waals surface area contributed by atoms with Crippen molar-refractivity contribution >= 4 is 54.1 Å². The Hall–Kier alpha value is -7.43. The second-order valence-electron chi connectivity index (χ2n) is 14.1. The van der Waals surface area contributed by atoms with Gasteiger partial charge >= 0.3 is 0 Å². The van der Waals surface area contributed by atoms with Gasteiger partial charge in [-0.05, 0) is 79.8 Å². The number of benzene rings is 9. The molecule has 0 aliphatic heterocycles. The molecule has 0 aliphatic carbocycles. The van der Waals surface area contributed by atoms with Gasteiger partial charge in [-0.15, -0.1) is 0 Å². The average molecular weight is 701 g/mol. The van der Waals surface area contributed by atoms with Gasteiger partial charge in [-0.2, -0.15) is 0 Å². The standard InChI is InChI=1S/C51H32N4/c1-3-13-35(14-4-1)49-52-50(36-15-5-2-6-16-36)54-51(53-49)40-17-11-18-41(31-40)55-46-21-10-9-20-44(46)48-43-28-26-37(30-39(43)27-29-47(48)55)38-25-24-34-23-22-33-12-7-8-19-42(33)45(34)32-38/h1-32H. The summed E-state index contributed by atoms with van der Waals surface area (Å²) in [6.07, 6.45) is 0. The number of hydrogen-bond donors (Lipinski definition) is 0. The van der Waals surface area contributed by atoms with E-state index in [4.69, 9.17) is 15.0 Å². The largest absolute Gasteiger partial charge is 0.309 e. The maximum Gasteiger partial charge on any atom is 0.164 e. The SMILES string of the molecule is c1ccc(-c2nc(-c3ccccc3)nc(-c3cccc(-n4c5ccccc5c5c6ccc(-c7ccc8ccc9ccccc9c8c7)cc6ccc54)c3)n2)cc1. The van der Waals surface area contributed by atoms with Gasteiger partial charge in [0.1, 0.15) is 0 Å². The first-order chi connectivity index (χ1) is 27.2. The summed E-state index contributed by atoms with van der Waals surface area (Å²) in [7, 11) is 0. The van der Waals surface area contributed by atoms with E-state index < -0.39 is 0 Å². The summed E-state index contributed by atoms with van der Waals surface area (Å²) in [5, 5.41) is 9.99. The first-order valence-electron chi connectivity index (χ1n) is 18.6. The highest BCUT2D eigenvalue weighted by Crippen LogP contribution is 2.39. The lowest BCUT2D eigenvalue weighted by Gasteiger charge is -2.12. The number of rotatable bonds is 5. The first kappa shape index (κ1) is 31.1. The van der Waals surface area contributed by atoms with Crippen LogP contribution in [-0.2, 0) is 0 Å². The van der Waals surface area contributed by atoms with Crippen molar-refractivity contribution in [3.8, 4) is 51.0 Å². The third-order valence-electron chi connectivity index (χ3n) is 10.8. The van der Waals surface area contributed by atoms with E-state index in [0.717, 1.165) is 33.4 Å². The normalized spacial score (nSPS) is 11.6. The molecule has 11 rings (SSSR count). The second-order valence-corrected chi connectivity index (χ2v) is 14.1. The number of para-hydroxylation sites is 1. The molecule has 9 aromatic carbocycles. The highest BCUT2D eigenvalue weighted by molar-refractivity contribution is 6.21. The molecule has 4 nitrogen and oxygen atoms in total. The molecule has 0 aliphatic rings. The minimum absolute atomic E-state index is 0.634. The smallest absolute Gasteiger partial charge is 0.164 e. The summed E-state index contributed by atoms with van der Waals surface area (Å²) in [6, 6.07) is 68.8. The van der Waals surface area contributed by atoms with Gasteiger partial charge in [0.2, 0.25) is 0 Å². The Morgan fingerprint density at radius 1 is 0.291 bits per heavy atom. The summed E-state index contributed by atoms with van der Waals surface area (Å²) in [5.41, 5.74) is 8.60. The van der Waals surface area contributed by atoms with Gasteiger partial charge in [-0.3, -0.25) is 0 Å². The molecule has 4 heteroatoms. The molecule has 0 amide bonds. The lowest BCUT2D eigenvalue weighted by atomic mass is 9.95. The second kappa shape index (κ2) is 12.6. The Balaban J connectivity index is 1.06. The van der Waals surface area contributed by atoms with E-state index in [1.165, 1.54) is 54.2 Å². The predicted molar refractivity (Wildman–Crippen MR) is 228 cm³/mol. The molecule has 0 saturated carbocycles. The van der Waals surface area contributed by atoms with Crippen molar-refractivity contribution in [2.24, 2.45) is 0 Å². The monoisotopic (exact) mass is 700 g/mol. The van der Waals surface area contributed by atoms with Crippen LogP contribution in [0.25, 0.3) is 105 Å². The lowest BCUT2D eigenvalue weighted by Crippen LogP contribution is -2.01. The zero-order valence-electron chi connectivity index (χ0n) is 29.8. The summed E-state index contributed by atoms with van der Waals surface area (Å²) < 4.78 is 2.37. The van der Waals surface area contributed by atoms with Crippen LogP contribution in [0.2, 0.25) is 0 Å². The van der Waals surface area contributed by atoms with Crippen LogP contribution in [0, 0.1) is 0 Å². The van der Waals surface area contributed by atoms with Crippen molar-refractivity contribution in [1.29, 1.82) is 0 Å². The van der Waals surface area contributed by atoms with E-state index in [1.807, 2.05) is 60.7 Å². The number of fused-ring (bicyclic) bond motifs is 8. The molecule has 55 heavy (non-hydrogen) atoms. The van der Waals surface area contributed by atoms with Crippen LogP contribution >= 0.6 is 0 Å². The fourth-order valence-corrected chi connectivity index (χ4v) is 8.16. The first-order valence-corrected chi connectivity index (χ1v) is 18.6. The summed E-state index contributed by atoms with van der Waals surface area (Å²) >= 11 is 0. The zero-order valence-corrected chi connectivity index (χ0v) is 29.8. The van der Waals surface area contributed by atoms with E-state index in [2.05, 4.69) is 138 Å². The summed E-state index contributed by atoms with van der Waals surface area (Å²) in [5.74, 6) is 1.93. The van der Waals surface area contributed by atoms with Crippen molar-refractivity contribution in [2.75, 3.05) is 0 Å². The molecule has 11 aromatic rings. The highest BCUT2D eigenvalue weighted by atomic mass is 15.0. The van der Waals surface area contributed by atoms with Crippen LogP contribution < -0.4 is 0 Å². The Morgan fingerprint density at radius 3 is 1.62 bits per heavy atom. The molecule has 0 spiro atoms. The average Bonchev–Trinajstić information content (AvgIpc) is 3.61. The predicted octanol–water partition coefficient (Wildman–Crippen LogP) is 13.1. The van der Waals surface area contributed by atoms with Gasteiger partial charge in [0.15, 0.2) is 17.5 Å². The number of aromatic nitrogens is 4. The molecule has 2 aromatic heterocycles. The third-order valence-corrected chi connectivity index (χ3v) is 10.8. The molecule has 0 radical (unpaired) electrons. The minimum atomic E-state index is 0.634. The molecule has 0 atom stereocenters. The van der Waals surface area contributed by atoms with Crippen molar-refractivity contribution in [1.82, 2.24) is 19.5 Å². The summed E-state index contributed by atoms with van der Waals surface area (Å²) in [4.78, 5) is 14.9. The quantitative estimate of drug-likeness (QED) is 0.168. The molecular weight excluding hydrogens is 669 g/mol. The van der Waals surface area contributed by atoms with E-state index in [9.17, 15) is 0 Å². The maximum absolute atomic E-state index is 5.02. The third kappa shape index (κ3) is 5.26. The van der Waals surface area contributed by atoms with Crippen LogP contribution in [0.15, 0.2) is 194 Å².